The molecule has 0 amide bonds. The third-order valence-electron chi connectivity index (χ3n) is 6.02. The minimum absolute atomic E-state index is 0.899. The van der Waals surface area contributed by atoms with Crippen LogP contribution in [0.15, 0.2) is 95.4 Å². The predicted octanol–water partition coefficient (Wildman–Crippen LogP) is 7.45. The average molecular weight is 369 g/mol. The van der Waals surface area contributed by atoms with Crippen LogP contribution in [0.3, 0.4) is 0 Å². The zero-order valence-electron chi connectivity index (χ0n) is 15.5. The molecule has 0 N–H and O–H groups in total. The molecule has 0 aliphatic heterocycles. The van der Waals surface area contributed by atoms with Crippen LogP contribution in [0.25, 0.3) is 66.4 Å². The number of pyridine rings is 1. The Balaban J connectivity index is 1.51. The van der Waals surface area contributed by atoms with Gasteiger partial charge in [0, 0.05) is 21.7 Å². The van der Waals surface area contributed by atoms with E-state index in [4.69, 9.17) is 9.40 Å². The SMILES string of the molecule is c1ccc2c(c1)-c1cccc3nc(-c4ccc5c(c4)oc4ccccc45)cc-2c13. The van der Waals surface area contributed by atoms with Crippen LogP contribution in [0.4, 0.5) is 0 Å². The number of aromatic nitrogens is 1. The molecular weight excluding hydrogens is 354 g/mol. The molecule has 1 aliphatic carbocycles. The molecule has 0 radical (unpaired) electrons. The van der Waals surface area contributed by atoms with E-state index in [9.17, 15) is 0 Å². The van der Waals surface area contributed by atoms with Gasteiger partial charge in [-0.15, -0.1) is 0 Å². The highest BCUT2D eigenvalue weighted by Gasteiger charge is 2.22. The van der Waals surface area contributed by atoms with Crippen LogP contribution < -0.4 is 0 Å². The van der Waals surface area contributed by atoms with Gasteiger partial charge in [0.05, 0.1) is 11.2 Å². The molecule has 2 heterocycles. The van der Waals surface area contributed by atoms with Gasteiger partial charge in [-0.3, -0.25) is 0 Å². The molecule has 0 saturated heterocycles. The minimum atomic E-state index is 0.899. The summed E-state index contributed by atoms with van der Waals surface area (Å²) in [4.78, 5) is 5.01. The standard InChI is InChI=1S/C27H15NO/c1-2-7-18-17(6-1)21-9-5-10-23-27(21)22(18)15-24(28-23)16-12-13-20-19-8-3-4-11-25(19)29-26(20)14-16/h1-15H. The minimum Gasteiger partial charge on any atom is -0.456 e. The Labute approximate surface area is 167 Å². The molecule has 1 aliphatic rings. The summed E-state index contributed by atoms with van der Waals surface area (Å²) in [6.07, 6.45) is 0. The monoisotopic (exact) mass is 369 g/mol. The molecule has 0 saturated carbocycles. The van der Waals surface area contributed by atoms with E-state index in [-0.39, 0.29) is 0 Å². The molecule has 0 unspecified atom stereocenters. The van der Waals surface area contributed by atoms with Gasteiger partial charge in [0.15, 0.2) is 0 Å². The second-order valence-electron chi connectivity index (χ2n) is 7.61. The summed E-state index contributed by atoms with van der Waals surface area (Å²) in [5.41, 5.74) is 10.0. The van der Waals surface area contributed by atoms with Gasteiger partial charge < -0.3 is 4.42 Å². The summed E-state index contributed by atoms with van der Waals surface area (Å²) >= 11 is 0. The van der Waals surface area contributed by atoms with Crippen LogP contribution in [-0.4, -0.2) is 4.98 Å². The van der Waals surface area contributed by atoms with Crippen molar-refractivity contribution in [2.75, 3.05) is 0 Å². The van der Waals surface area contributed by atoms with Crippen molar-refractivity contribution >= 4 is 32.8 Å². The maximum Gasteiger partial charge on any atom is 0.136 e. The molecule has 2 aromatic heterocycles. The van der Waals surface area contributed by atoms with E-state index in [1.807, 2.05) is 18.2 Å². The van der Waals surface area contributed by atoms with Crippen molar-refractivity contribution in [3.8, 4) is 33.5 Å². The Kier molecular flexibility index (Phi) is 2.77. The lowest BCUT2D eigenvalue weighted by Crippen LogP contribution is -1.87. The van der Waals surface area contributed by atoms with E-state index in [1.54, 1.807) is 0 Å². The molecule has 0 atom stereocenters. The van der Waals surface area contributed by atoms with E-state index < -0.39 is 0 Å². The predicted molar refractivity (Wildman–Crippen MR) is 119 cm³/mol. The average Bonchev–Trinajstić information content (AvgIpc) is 3.31. The quantitative estimate of drug-likeness (QED) is 0.300. The molecule has 2 heteroatoms. The number of para-hydroxylation sites is 1. The molecule has 2 nitrogen and oxygen atoms in total. The summed E-state index contributed by atoms with van der Waals surface area (Å²) in [6, 6.07) is 31.8. The number of rotatable bonds is 1. The first kappa shape index (κ1) is 15.1. The van der Waals surface area contributed by atoms with Gasteiger partial charge in [0.25, 0.3) is 0 Å². The number of benzene rings is 4. The van der Waals surface area contributed by atoms with E-state index in [2.05, 4.69) is 72.8 Å². The third kappa shape index (κ3) is 1.98. The summed E-state index contributed by atoms with van der Waals surface area (Å²) in [5, 5.41) is 3.54. The maximum absolute atomic E-state index is 6.10. The van der Waals surface area contributed by atoms with Gasteiger partial charge in [-0.25, -0.2) is 4.98 Å². The van der Waals surface area contributed by atoms with Crippen LogP contribution in [0.5, 0.6) is 0 Å². The van der Waals surface area contributed by atoms with Gasteiger partial charge in [0.1, 0.15) is 11.2 Å². The van der Waals surface area contributed by atoms with Crippen LogP contribution in [-0.2, 0) is 0 Å². The molecule has 0 bridgehead atoms. The first-order valence-corrected chi connectivity index (χ1v) is 9.82. The first-order chi connectivity index (χ1) is 14.4. The molecular formula is C27H15NO. The summed E-state index contributed by atoms with van der Waals surface area (Å²) in [5.74, 6) is 0. The molecule has 134 valence electrons. The van der Waals surface area contributed by atoms with Crippen LogP contribution in [0.2, 0.25) is 0 Å². The number of hydrogen-bond donors (Lipinski definition) is 0. The molecule has 0 spiro atoms. The lowest BCUT2D eigenvalue weighted by molar-refractivity contribution is 0.669. The highest BCUT2D eigenvalue weighted by Crippen LogP contribution is 2.47. The van der Waals surface area contributed by atoms with Crippen molar-refractivity contribution in [2.45, 2.75) is 0 Å². The van der Waals surface area contributed by atoms with E-state index in [1.165, 1.54) is 27.6 Å². The Morgan fingerprint density at radius 2 is 1.31 bits per heavy atom. The molecule has 7 rings (SSSR count). The summed E-state index contributed by atoms with van der Waals surface area (Å²) in [7, 11) is 0. The summed E-state index contributed by atoms with van der Waals surface area (Å²) < 4.78 is 6.10. The van der Waals surface area contributed by atoms with Crippen LogP contribution in [0, 0.1) is 0 Å². The second-order valence-corrected chi connectivity index (χ2v) is 7.61. The van der Waals surface area contributed by atoms with Crippen LogP contribution in [0.1, 0.15) is 0 Å². The molecule has 29 heavy (non-hydrogen) atoms. The van der Waals surface area contributed by atoms with Crippen molar-refractivity contribution < 1.29 is 4.42 Å². The van der Waals surface area contributed by atoms with Gasteiger partial charge >= 0.3 is 0 Å². The van der Waals surface area contributed by atoms with Gasteiger partial charge in [-0.2, -0.15) is 0 Å². The lowest BCUT2D eigenvalue weighted by atomic mass is 10.0. The zero-order valence-corrected chi connectivity index (χ0v) is 15.5. The highest BCUT2D eigenvalue weighted by atomic mass is 16.3. The van der Waals surface area contributed by atoms with Gasteiger partial charge in [-0.05, 0) is 52.6 Å². The van der Waals surface area contributed by atoms with E-state index >= 15 is 0 Å². The maximum atomic E-state index is 6.10. The fourth-order valence-electron chi connectivity index (χ4n) is 4.71. The largest absolute Gasteiger partial charge is 0.456 e. The molecule has 4 aromatic carbocycles. The Morgan fingerprint density at radius 1 is 0.552 bits per heavy atom. The smallest absolute Gasteiger partial charge is 0.136 e. The first-order valence-electron chi connectivity index (χ1n) is 9.82. The number of furan rings is 1. The Bertz CT molecular complexity index is 1610. The second kappa shape index (κ2) is 5.33. The fraction of sp³-hybridized carbons (Fsp3) is 0. The molecule has 0 fully saturated rings. The topological polar surface area (TPSA) is 26.0 Å². The van der Waals surface area contributed by atoms with Gasteiger partial charge in [-0.1, -0.05) is 60.7 Å². The van der Waals surface area contributed by atoms with Crippen molar-refractivity contribution in [1.82, 2.24) is 4.98 Å². The normalized spacial score (nSPS) is 12.1. The molecule has 6 aromatic rings. The Morgan fingerprint density at radius 3 is 2.24 bits per heavy atom. The van der Waals surface area contributed by atoms with Gasteiger partial charge in [0.2, 0.25) is 0 Å². The summed E-state index contributed by atoms with van der Waals surface area (Å²) in [6.45, 7) is 0. The van der Waals surface area contributed by atoms with E-state index in [0.717, 1.165) is 38.7 Å². The van der Waals surface area contributed by atoms with Crippen molar-refractivity contribution in [3.63, 3.8) is 0 Å². The number of nitrogens with zero attached hydrogens (tertiary/aromatic N) is 1. The van der Waals surface area contributed by atoms with Crippen molar-refractivity contribution in [1.29, 1.82) is 0 Å². The van der Waals surface area contributed by atoms with E-state index in [0.29, 0.717) is 0 Å². The van der Waals surface area contributed by atoms with Crippen molar-refractivity contribution in [3.05, 3.63) is 91.0 Å². The third-order valence-corrected chi connectivity index (χ3v) is 6.02. The Hall–Kier alpha value is -3.91. The number of fused-ring (bicyclic) bond motifs is 6. The lowest BCUT2D eigenvalue weighted by Gasteiger charge is -2.07. The fourth-order valence-corrected chi connectivity index (χ4v) is 4.71. The van der Waals surface area contributed by atoms with Crippen molar-refractivity contribution in [2.24, 2.45) is 0 Å². The zero-order chi connectivity index (χ0) is 18.9. The van der Waals surface area contributed by atoms with Crippen LogP contribution >= 0.6 is 0 Å². The highest BCUT2D eigenvalue weighted by molar-refractivity contribution is 6.15. The number of hydrogen-bond acceptors (Lipinski definition) is 2.